The average Bonchev–Trinajstić information content (AvgIpc) is 1.27. The third kappa shape index (κ3) is 37.7. The molecule has 0 saturated heterocycles. The molecule has 0 saturated carbocycles. The Morgan fingerprint density at radius 2 is 1.09 bits per heavy atom. The maximum atomic E-state index is 9.39. The van der Waals surface area contributed by atoms with Crippen LogP contribution in [0.3, 0.4) is 0 Å². The molecule has 2 atom stereocenters. The molecule has 11 heteroatoms. The molecular weight excluding hydrogens is 264 g/mol. The van der Waals surface area contributed by atoms with Crippen molar-refractivity contribution in [3.05, 3.63) is 0 Å². The topological polar surface area (TPSA) is 189 Å². The lowest BCUT2D eigenvalue weighted by Crippen LogP contribution is -1.58. The van der Waals surface area contributed by atoms with Crippen molar-refractivity contribution in [2.75, 3.05) is 0 Å². The maximum Gasteiger partial charge on any atom is 0.745 e. The number of halogens is 1. The smallest absolute Gasteiger partial charge is 0.344 e. The first-order valence-corrected chi connectivity index (χ1v) is 3.39. The van der Waals surface area contributed by atoms with Crippen molar-refractivity contribution < 1.29 is 23.2 Å². The molecule has 11 N–H and O–H groups in total. The Labute approximate surface area is 75.8 Å². The molecule has 0 radical (unpaired) electrons. The molecule has 0 aromatic heterocycles. The van der Waals surface area contributed by atoms with Gasteiger partial charge in [0.15, 0.2) is 4.31 Å². The van der Waals surface area contributed by atoms with Crippen LogP contribution in [0.4, 0.5) is 0 Å². The SMILES string of the molecule is Br.N.N.N.O=[P+](O)O[P+](=O)O. The summed E-state index contributed by atoms with van der Waals surface area (Å²) in [7, 11) is -5.85. The molecule has 0 aliphatic heterocycles. The Morgan fingerprint density at radius 3 is 1.09 bits per heavy atom. The van der Waals surface area contributed by atoms with Crippen molar-refractivity contribution in [2.45, 2.75) is 0 Å². The summed E-state index contributed by atoms with van der Waals surface area (Å²) in [6, 6.07) is 0. The molecule has 0 aliphatic carbocycles. The standard InChI is InChI=1S/BrH.3H3N.O5P2/c;;;;1-6(2)5-7(3)4/h1H;3*1H3;/p+2. The first kappa shape index (κ1) is 30.1. The highest BCUT2D eigenvalue weighted by molar-refractivity contribution is 8.93. The van der Waals surface area contributed by atoms with Crippen molar-refractivity contribution in [2.24, 2.45) is 0 Å². The van der Waals surface area contributed by atoms with Crippen LogP contribution in [0.1, 0.15) is 0 Å². The van der Waals surface area contributed by atoms with Gasteiger partial charge >= 0.3 is 16.5 Å². The second kappa shape index (κ2) is 16.8. The lowest BCUT2D eigenvalue weighted by Gasteiger charge is -1.50. The van der Waals surface area contributed by atoms with E-state index in [0.29, 0.717) is 0 Å². The van der Waals surface area contributed by atoms with E-state index in [9.17, 15) is 9.13 Å². The molecule has 2 unspecified atom stereocenters. The van der Waals surface area contributed by atoms with Gasteiger partial charge in [0, 0.05) is 9.13 Å². The second-order valence-corrected chi connectivity index (χ2v) is 2.16. The van der Waals surface area contributed by atoms with Gasteiger partial charge in [-0.05, 0) is 0 Å². The fraction of sp³-hybridized carbons (Fsp3) is 0. The highest BCUT2D eigenvalue weighted by atomic mass is 79.9. The molecule has 0 spiro atoms. The fourth-order valence-corrected chi connectivity index (χ4v) is 0.538. The molecule has 72 valence electrons. The van der Waals surface area contributed by atoms with E-state index in [-0.39, 0.29) is 35.4 Å². The zero-order chi connectivity index (χ0) is 5.86. The first-order valence-electron chi connectivity index (χ1n) is 1.13. The highest BCUT2D eigenvalue weighted by Crippen LogP contribution is 2.30. The zero-order valence-corrected chi connectivity index (χ0v) is 9.05. The van der Waals surface area contributed by atoms with E-state index < -0.39 is 16.5 Å². The minimum atomic E-state index is -2.92. The van der Waals surface area contributed by atoms with Gasteiger partial charge in [-0.2, -0.15) is 0 Å². The van der Waals surface area contributed by atoms with E-state index in [1.54, 1.807) is 0 Å². The van der Waals surface area contributed by atoms with Crippen molar-refractivity contribution in [1.82, 2.24) is 18.5 Å². The van der Waals surface area contributed by atoms with E-state index in [1.165, 1.54) is 0 Å². The third-order valence-electron chi connectivity index (χ3n) is 0.140. The van der Waals surface area contributed by atoms with Crippen LogP contribution in [-0.2, 0) is 13.4 Å². The summed E-state index contributed by atoms with van der Waals surface area (Å²) in [4.78, 5) is 15.3. The average molecular weight is 276 g/mol. The Balaban J connectivity index is -0.0000000300. The molecule has 0 bridgehead atoms. The summed E-state index contributed by atoms with van der Waals surface area (Å²) in [5.41, 5.74) is 0. The predicted octanol–water partition coefficient (Wildman–Crippen LogP) is 1.37. The quantitative estimate of drug-likeness (QED) is 0.467. The van der Waals surface area contributed by atoms with Gasteiger partial charge in [0.2, 0.25) is 0 Å². The number of rotatable bonds is 2. The number of hydrogen-bond acceptors (Lipinski definition) is 6. The Morgan fingerprint density at radius 1 is 0.909 bits per heavy atom. The van der Waals surface area contributed by atoms with Crippen LogP contribution in [0.25, 0.3) is 0 Å². The zero-order valence-electron chi connectivity index (χ0n) is 5.54. The molecule has 0 heterocycles. The van der Waals surface area contributed by atoms with Crippen LogP contribution in [0, 0.1) is 0 Å². The molecule has 0 aromatic carbocycles. The minimum Gasteiger partial charge on any atom is -0.344 e. The summed E-state index contributed by atoms with van der Waals surface area (Å²) in [6.45, 7) is 0. The Kier molecular flexibility index (Phi) is 45.9. The summed E-state index contributed by atoms with van der Waals surface area (Å²) >= 11 is 0. The van der Waals surface area contributed by atoms with Gasteiger partial charge < -0.3 is 18.5 Å². The summed E-state index contributed by atoms with van der Waals surface area (Å²) in [5.74, 6) is 0. The highest BCUT2D eigenvalue weighted by Gasteiger charge is 2.31. The molecule has 11 heavy (non-hydrogen) atoms. The molecule has 0 aromatic rings. The molecule has 8 nitrogen and oxygen atoms in total. The lowest BCUT2D eigenvalue weighted by atomic mass is 14.0. The van der Waals surface area contributed by atoms with Gasteiger partial charge in [-0.3, -0.25) is 0 Å². The van der Waals surface area contributed by atoms with Crippen LogP contribution in [0.15, 0.2) is 0 Å². The molecule has 0 aliphatic rings. The first-order chi connectivity index (χ1) is 3.13. The van der Waals surface area contributed by atoms with Crippen molar-refractivity contribution in [3.8, 4) is 0 Å². The summed E-state index contributed by atoms with van der Waals surface area (Å²) < 4.78 is 22.2. The monoisotopic (exact) mass is 275 g/mol. The third-order valence-corrected chi connectivity index (χ3v) is 1.26. The van der Waals surface area contributed by atoms with Crippen LogP contribution in [0.5, 0.6) is 0 Å². The molecule has 0 amide bonds. The van der Waals surface area contributed by atoms with Gasteiger partial charge in [-0.1, -0.05) is 0 Å². The van der Waals surface area contributed by atoms with Gasteiger partial charge in [-0.25, -0.2) is 0 Å². The van der Waals surface area contributed by atoms with Crippen LogP contribution in [0.2, 0.25) is 0 Å². The van der Waals surface area contributed by atoms with Crippen molar-refractivity contribution in [3.63, 3.8) is 0 Å². The second-order valence-electron chi connectivity index (χ2n) is 0.557. The maximum absolute atomic E-state index is 9.39. The summed E-state index contributed by atoms with van der Waals surface area (Å²) in [6.07, 6.45) is 0. The normalized spacial score (nSPS) is 8.55. The van der Waals surface area contributed by atoms with Gasteiger partial charge in [0.1, 0.15) is 0 Å². The Bertz CT molecular complexity index is 95.9. The van der Waals surface area contributed by atoms with E-state index >= 15 is 0 Å². The minimum absolute atomic E-state index is 0. The van der Waals surface area contributed by atoms with Crippen LogP contribution >= 0.6 is 33.5 Å². The molecular formula is H12BrN3O5P2+2. The molecule has 0 fully saturated rings. The number of hydrogen-bond donors (Lipinski definition) is 5. The Hall–Kier alpha value is 0.440. The predicted molar refractivity (Wildman–Crippen MR) is 46.1 cm³/mol. The molecule has 0 rings (SSSR count). The largest absolute Gasteiger partial charge is 0.745 e. The lowest BCUT2D eigenvalue weighted by molar-refractivity contribution is 0.371. The van der Waals surface area contributed by atoms with E-state index in [4.69, 9.17) is 9.79 Å². The van der Waals surface area contributed by atoms with Crippen molar-refractivity contribution >= 4 is 33.5 Å². The van der Waals surface area contributed by atoms with E-state index in [0.717, 1.165) is 0 Å². The van der Waals surface area contributed by atoms with Gasteiger partial charge in [0.25, 0.3) is 0 Å². The van der Waals surface area contributed by atoms with Crippen molar-refractivity contribution in [1.29, 1.82) is 0 Å². The van der Waals surface area contributed by atoms with Gasteiger partial charge in [0.05, 0.1) is 0 Å². The fourth-order valence-electron chi connectivity index (χ4n) is 0.0598. The van der Waals surface area contributed by atoms with Gasteiger partial charge in [-0.15, -0.1) is 26.8 Å². The van der Waals surface area contributed by atoms with Crippen LogP contribution < -0.4 is 18.5 Å². The van der Waals surface area contributed by atoms with Crippen LogP contribution in [-0.4, -0.2) is 9.79 Å². The van der Waals surface area contributed by atoms with E-state index in [1.807, 2.05) is 0 Å². The summed E-state index contributed by atoms with van der Waals surface area (Å²) in [5, 5.41) is 0. The van der Waals surface area contributed by atoms with E-state index in [2.05, 4.69) is 4.31 Å².